The summed E-state index contributed by atoms with van der Waals surface area (Å²) in [7, 11) is 0. The summed E-state index contributed by atoms with van der Waals surface area (Å²) in [6, 6.07) is 5.64. The number of rotatable bonds is 2. The van der Waals surface area contributed by atoms with Gasteiger partial charge in [-0.2, -0.15) is 0 Å². The largest absolute Gasteiger partial charge is 0.480 e. The third kappa shape index (κ3) is 2.37. The van der Waals surface area contributed by atoms with Gasteiger partial charge in [0.25, 0.3) is 0 Å². The molecule has 0 unspecified atom stereocenters. The van der Waals surface area contributed by atoms with E-state index in [-0.39, 0.29) is 6.03 Å². The zero-order valence-corrected chi connectivity index (χ0v) is 12.2. The monoisotopic (exact) mass is 288 g/mol. The van der Waals surface area contributed by atoms with Crippen LogP contribution in [-0.4, -0.2) is 34.1 Å². The van der Waals surface area contributed by atoms with Crippen LogP contribution in [0, 0.1) is 0 Å². The van der Waals surface area contributed by atoms with Crippen LogP contribution in [0.3, 0.4) is 0 Å². The number of aliphatic carboxylic acids is 1. The molecule has 5 nitrogen and oxygen atoms in total. The highest BCUT2D eigenvalue weighted by atomic mass is 16.4. The zero-order chi connectivity index (χ0) is 15.0. The predicted molar refractivity (Wildman–Crippen MR) is 79.5 cm³/mol. The smallest absolute Gasteiger partial charge is 0.329 e. The highest BCUT2D eigenvalue weighted by Crippen LogP contribution is 2.30. The molecule has 21 heavy (non-hydrogen) atoms. The first-order valence-corrected chi connectivity index (χ1v) is 7.44. The van der Waals surface area contributed by atoms with E-state index in [1.807, 2.05) is 12.1 Å². The van der Waals surface area contributed by atoms with Gasteiger partial charge in [0.05, 0.1) is 0 Å². The van der Waals surface area contributed by atoms with Crippen LogP contribution in [0.4, 0.5) is 10.5 Å². The molecule has 1 atom stereocenters. The van der Waals surface area contributed by atoms with Gasteiger partial charge in [-0.1, -0.05) is 6.07 Å². The van der Waals surface area contributed by atoms with Crippen molar-refractivity contribution < 1.29 is 14.7 Å². The molecule has 0 bridgehead atoms. The summed E-state index contributed by atoms with van der Waals surface area (Å²) in [5, 5.41) is 12.2. The summed E-state index contributed by atoms with van der Waals surface area (Å²) in [4.78, 5) is 25.2. The van der Waals surface area contributed by atoms with Crippen LogP contribution < -0.4 is 5.32 Å². The molecular weight excluding hydrogens is 268 g/mol. The average molecular weight is 288 g/mol. The Bertz CT molecular complexity index is 599. The summed E-state index contributed by atoms with van der Waals surface area (Å²) in [6.07, 6.45) is 4.54. The highest BCUT2D eigenvalue weighted by molar-refractivity contribution is 5.94. The molecular formula is C16H20N2O3. The Morgan fingerprint density at radius 2 is 2.00 bits per heavy atom. The van der Waals surface area contributed by atoms with Crippen LogP contribution in [-0.2, 0) is 17.6 Å². The van der Waals surface area contributed by atoms with Gasteiger partial charge >= 0.3 is 12.0 Å². The maximum atomic E-state index is 12.4. The molecule has 1 saturated heterocycles. The van der Waals surface area contributed by atoms with Crippen molar-refractivity contribution in [3.05, 3.63) is 29.3 Å². The summed E-state index contributed by atoms with van der Waals surface area (Å²) in [5.41, 5.74) is 2.29. The lowest BCUT2D eigenvalue weighted by molar-refractivity contribution is -0.146. The number of fused-ring (bicyclic) bond motifs is 1. The molecule has 3 rings (SSSR count). The van der Waals surface area contributed by atoms with Crippen molar-refractivity contribution >= 4 is 17.7 Å². The maximum Gasteiger partial charge on any atom is 0.329 e. The fourth-order valence-corrected chi connectivity index (χ4v) is 3.35. The predicted octanol–water partition coefficient (Wildman–Crippen LogP) is 2.65. The number of urea groups is 1. The van der Waals surface area contributed by atoms with Gasteiger partial charge in [-0.15, -0.1) is 0 Å². The molecule has 112 valence electrons. The van der Waals surface area contributed by atoms with E-state index in [9.17, 15) is 14.7 Å². The summed E-state index contributed by atoms with van der Waals surface area (Å²) >= 11 is 0. The van der Waals surface area contributed by atoms with Gasteiger partial charge in [0.1, 0.15) is 5.54 Å². The maximum absolute atomic E-state index is 12.4. The number of amides is 2. The van der Waals surface area contributed by atoms with Crippen LogP contribution in [0.15, 0.2) is 18.2 Å². The van der Waals surface area contributed by atoms with E-state index >= 15 is 0 Å². The first-order valence-electron chi connectivity index (χ1n) is 7.44. The Balaban J connectivity index is 1.76. The summed E-state index contributed by atoms with van der Waals surface area (Å²) in [5.74, 6) is -0.941. The molecule has 0 radical (unpaired) electrons. The lowest BCUT2D eigenvalue weighted by atomic mass is 10.00. The minimum atomic E-state index is -1.10. The molecule has 1 heterocycles. The van der Waals surface area contributed by atoms with Gasteiger partial charge in [-0.05, 0) is 62.3 Å². The van der Waals surface area contributed by atoms with E-state index in [1.54, 1.807) is 6.92 Å². The van der Waals surface area contributed by atoms with Gasteiger partial charge < -0.3 is 15.3 Å². The third-order valence-electron chi connectivity index (χ3n) is 4.70. The number of likely N-dealkylation sites (tertiary alicyclic amines) is 1. The van der Waals surface area contributed by atoms with Crippen molar-refractivity contribution in [1.82, 2.24) is 4.90 Å². The van der Waals surface area contributed by atoms with Crippen molar-refractivity contribution in [3.8, 4) is 0 Å². The number of hydrogen-bond donors (Lipinski definition) is 2. The van der Waals surface area contributed by atoms with Gasteiger partial charge in [0, 0.05) is 12.2 Å². The Morgan fingerprint density at radius 3 is 2.76 bits per heavy atom. The van der Waals surface area contributed by atoms with Crippen LogP contribution >= 0.6 is 0 Å². The molecule has 1 aliphatic heterocycles. The van der Waals surface area contributed by atoms with Crippen molar-refractivity contribution in [1.29, 1.82) is 0 Å². The molecule has 5 heteroatoms. The molecule has 0 saturated carbocycles. The normalized spacial score (nSPS) is 24.0. The fraction of sp³-hybridized carbons (Fsp3) is 0.500. The SMILES string of the molecule is C[C@@]1(C(=O)O)CCCN1C(=O)Nc1ccc2c(c1)CCC2. The third-order valence-corrected chi connectivity index (χ3v) is 4.70. The molecule has 0 aromatic heterocycles. The highest BCUT2D eigenvalue weighted by Gasteiger charge is 2.46. The second kappa shape index (κ2) is 5.06. The van der Waals surface area contributed by atoms with E-state index in [1.165, 1.54) is 16.0 Å². The standard InChI is InChI=1S/C16H20N2O3/c1-16(14(19)20)8-3-9-18(16)15(21)17-13-7-6-11-4-2-5-12(11)10-13/h6-7,10H,2-5,8-9H2,1H3,(H,17,21)(H,19,20)/t16-/m0/s1. The minimum absolute atomic E-state index is 0.324. The number of benzene rings is 1. The number of hydrogen-bond acceptors (Lipinski definition) is 2. The van der Waals surface area contributed by atoms with E-state index in [0.29, 0.717) is 13.0 Å². The lowest BCUT2D eigenvalue weighted by Crippen LogP contribution is -2.52. The summed E-state index contributed by atoms with van der Waals surface area (Å²) < 4.78 is 0. The van der Waals surface area contributed by atoms with Crippen molar-refractivity contribution in [3.63, 3.8) is 0 Å². The number of aryl methyl sites for hydroxylation is 2. The average Bonchev–Trinajstić information content (AvgIpc) is 3.05. The molecule has 2 N–H and O–H groups in total. The Labute approximate surface area is 123 Å². The first-order chi connectivity index (χ1) is 10.0. The first kappa shape index (κ1) is 13.9. The van der Waals surface area contributed by atoms with Gasteiger partial charge in [0.2, 0.25) is 0 Å². The Kier molecular flexibility index (Phi) is 3.35. The van der Waals surface area contributed by atoms with Gasteiger partial charge in [-0.3, -0.25) is 0 Å². The van der Waals surface area contributed by atoms with Gasteiger partial charge in [0.15, 0.2) is 0 Å². The van der Waals surface area contributed by atoms with Crippen molar-refractivity contribution in [2.45, 2.75) is 44.6 Å². The van der Waals surface area contributed by atoms with E-state index in [4.69, 9.17) is 0 Å². The number of carbonyl (C=O) groups excluding carboxylic acids is 1. The summed E-state index contributed by atoms with van der Waals surface area (Å²) in [6.45, 7) is 2.10. The van der Waals surface area contributed by atoms with E-state index in [0.717, 1.165) is 31.4 Å². The lowest BCUT2D eigenvalue weighted by Gasteiger charge is -2.31. The minimum Gasteiger partial charge on any atom is -0.480 e. The molecule has 2 amide bonds. The number of anilines is 1. The molecule has 1 aliphatic carbocycles. The van der Waals surface area contributed by atoms with Crippen molar-refractivity contribution in [2.75, 3.05) is 11.9 Å². The molecule has 1 aromatic carbocycles. The number of nitrogens with zero attached hydrogens (tertiary/aromatic N) is 1. The zero-order valence-electron chi connectivity index (χ0n) is 12.2. The van der Waals surface area contributed by atoms with Crippen LogP contribution in [0.2, 0.25) is 0 Å². The van der Waals surface area contributed by atoms with Crippen LogP contribution in [0.25, 0.3) is 0 Å². The number of carboxylic acid groups (broad SMARTS) is 1. The number of carbonyl (C=O) groups is 2. The Morgan fingerprint density at radius 1 is 1.24 bits per heavy atom. The second-order valence-corrected chi connectivity index (χ2v) is 6.10. The fourth-order valence-electron chi connectivity index (χ4n) is 3.35. The number of nitrogens with one attached hydrogen (secondary N) is 1. The van der Waals surface area contributed by atoms with Crippen LogP contribution in [0.5, 0.6) is 0 Å². The van der Waals surface area contributed by atoms with Gasteiger partial charge in [-0.25, -0.2) is 9.59 Å². The quantitative estimate of drug-likeness (QED) is 0.879. The van der Waals surface area contributed by atoms with E-state index < -0.39 is 11.5 Å². The molecule has 1 aromatic rings. The van der Waals surface area contributed by atoms with Crippen LogP contribution in [0.1, 0.15) is 37.3 Å². The second-order valence-electron chi connectivity index (χ2n) is 6.10. The molecule has 0 spiro atoms. The topological polar surface area (TPSA) is 69.6 Å². The van der Waals surface area contributed by atoms with E-state index in [2.05, 4.69) is 11.4 Å². The number of carboxylic acids is 1. The van der Waals surface area contributed by atoms with Crippen molar-refractivity contribution in [2.24, 2.45) is 0 Å². The molecule has 2 aliphatic rings. The Hall–Kier alpha value is -2.04. The molecule has 1 fully saturated rings.